The molecule has 0 heterocycles. The van der Waals surface area contributed by atoms with Crippen LogP contribution in [0.15, 0.2) is 60.7 Å². The molecule has 3 aromatic carbocycles. The molecule has 148 valence electrons. The van der Waals surface area contributed by atoms with Crippen molar-refractivity contribution < 1.29 is 24.2 Å². The summed E-state index contributed by atoms with van der Waals surface area (Å²) >= 11 is 6.45. The van der Waals surface area contributed by atoms with Crippen molar-refractivity contribution in [3.05, 3.63) is 77.1 Å². The molecular formula is C23H18ClFO4. The number of benzene rings is 3. The van der Waals surface area contributed by atoms with Crippen molar-refractivity contribution in [2.24, 2.45) is 0 Å². The molecule has 0 saturated carbocycles. The van der Waals surface area contributed by atoms with Crippen LogP contribution in [-0.2, 0) is 9.59 Å². The summed E-state index contributed by atoms with van der Waals surface area (Å²) in [6.45, 7) is 0. The molecular weight excluding hydrogens is 395 g/mol. The zero-order chi connectivity index (χ0) is 21.0. The number of carboxylic acid groups (broad SMARTS) is 1. The Morgan fingerprint density at radius 1 is 1.07 bits per heavy atom. The number of hydrogen-bond acceptors (Lipinski definition) is 3. The Morgan fingerprint density at radius 3 is 2.38 bits per heavy atom. The number of Topliss-reactive ketones (excluding diaryl/α,β-unsaturated/α-hetero) is 1. The number of halogens is 2. The topological polar surface area (TPSA) is 74.6 Å². The van der Waals surface area contributed by atoms with Gasteiger partial charge in [0.2, 0.25) is 0 Å². The van der Waals surface area contributed by atoms with Crippen molar-refractivity contribution >= 4 is 40.2 Å². The molecule has 3 aromatic rings. The molecule has 0 aliphatic heterocycles. The smallest absolute Gasteiger partial charge is 0.310 e. The zero-order valence-corrected chi connectivity index (χ0v) is 16.1. The lowest BCUT2D eigenvalue weighted by Crippen LogP contribution is -2.14. The van der Waals surface area contributed by atoms with E-state index < -0.39 is 24.3 Å². The first kappa shape index (κ1) is 20.7. The highest BCUT2D eigenvalue weighted by Gasteiger charge is 2.14. The average molecular weight is 413 g/mol. The van der Waals surface area contributed by atoms with E-state index in [1.165, 1.54) is 18.2 Å². The van der Waals surface area contributed by atoms with E-state index in [2.05, 4.69) is 0 Å². The Labute approximate surface area is 171 Å². The first-order valence-corrected chi connectivity index (χ1v) is 9.30. The van der Waals surface area contributed by atoms with Gasteiger partial charge >= 0.3 is 5.97 Å². The van der Waals surface area contributed by atoms with Gasteiger partial charge in [-0.15, -0.1) is 0 Å². The summed E-state index contributed by atoms with van der Waals surface area (Å²) in [5.74, 6) is -2.15. The number of carboxylic acids is 1. The molecule has 0 amide bonds. The standard InChI is InChI=1S/C23H18ClFO4/c24-22-13-21(14-5-7-15(25)8-6-14)19(18-3-1-2-4-20(18)22)10-9-16(26)11-17(27)12-23(28)29/h1-10,13,16,26H,11-12H2,(H,28,29)/b10-9+. The van der Waals surface area contributed by atoms with Gasteiger partial charge in [0.15, 0.2) is 0 Å². The van der Waals surface area contributed by atoms with Crippen molar-refractivity contribution in [1.82, 2.24) is 0 Å². The molecule has 3 rings (SSSR count). The van der Waals surface area contributed by atoms with Gasteiger partial charge < -0.3 is 10.2 Å². The van der Waals surface area contributed by atoms with Gasteiger partial charge in [-0.25, -0.2) is 4.39 Å². The van der Waals surface area contributed by atoms with Crippen LogP contribution in [0.3, 0.4) is 0 Å². The van der Waals surface area contributed by atoms with Crippen LogP contribution in [0, 0.1) is 5.82 Å². The molecule has 0 aromatic heterocycles. The predicted molar refractivity (Wildman–Crippen MR) is 111 cm³/mol. The Kier molecular flexibility index (Phi) is 6.42. The zero-order valence-electron chi connectivity index (χ0n) is 15.3. The number of rotatable bonds is 7. The van der Waals surface area contributed by atoms with Crippen LogP contribution in [0.5, 0.6) is 0 Å². The second-order valence-corrected chi connectivity index (χ2v) is 7.02. The van der Waals surface area contributed by atoms with Crippen LogP contribution in [0.1, 0.15) is 18.4 Å². The van der Waals surface area contributed by atoms with Crippen LogP contribution in [-0.4, -0.2) is 28.1 Å². The van der Waals surface area contributed by atoms with Crippen LogP contribution >= 0.6 is 11.6 Å². The number of aliphatic hydroxyl groups excluding tert-OH is 1. The van der Waals surface area contributed by atoms with E-state index in [1.54, 1.807) is 24.3 Å². The van der Waals surface area contributed by atoms with Crippen molar-refractivity contribution in [2.75, 3.05) is 0 Å². The monoisotopic (exact) mass is 412 g/mol. The van der Waals surface area contributed by atoms with Crippen molar-refractivity contribution in [1.29, 1.82) is 0 Å². The summed E-state index contributed by atoms with van der Waals surface area (Å²) in [5, 5.41) is 21.0. The lowest BCUT2D eigenvalue weighted by Gasteiger charge is -2.13. The maximum absolute atomic E-state index is 13.4. The number of carbonyl (C=O) groups excluding carboxylic acids is 1. The van der Waals surface area contributed by atoms with Crippen molar-refractivity contribution in [3.63, 3.8) is 0 Å². The molecule has 4 nitrogen and oxygen atoms in total. The molecule has 0 aliphatic rings. The van der Waals surface area contributed by atoms with E-state index in [1.807, 2.05) is 24.3 Å². The number of fused-ring (bicyclic) bond motifs is 1. The number of aliphatic hydroxyl groups is 1. The van der Waals surface area contributed by atoms with Gasteiger partial charge in [-0.05, 0) is 40.3 Å². The first-order chi connectivity index (χ1) is 13.8. The minimum absolute atomic E-state index is 0.291. The summed E-state index contributed by atoms with van der Waals surface area (Å²) in [6.07, 6.45) is 1.08. The maximum Gasteiger partial charge on any atom is 0.310 e. The van der Waals surface area contributed by atoms with Crippen LogP contribution < -0.4 is 0 Å². The molecule has 1 unspecified atom stereocenters. The minimum atomic E-state index is -1.23. The number of aliphatic carboxylic acids is 1. The molecule has 1 atom stereocenters. The third-order valence-electron chi connectivity index (χ3n) is 4.46. The Hall–Kier alpha value is -3.02. The fourth-order valence-corrected chi connectivity index (χ4v) is 3.42. The summed E-state index contributed by atoms with van der Waals surface area (Å²) in [6, 6.07) is 15.2. The second-order valence-electron chi connectivity index (χ2n) is 6.61. The molecule has 0 bridgehead atoms. The van der Waals surface area contributed by atoms with E-state index >= 15 is 0 Å². The number of ketones is 1. The highest BCUT2D eigenvalue weighted by molar-refractivity contribution is 6.36. The van der Waals surface area contributed by atoms with Gasteiger partial charge in [-0.2, -0.15) is 0 Å². The molecule has 2 N–H and O–H groups in total. The lowest BCUT2D eigenvalue weighted by atomic mass is 9.93. The van der Waals surface area contributed by atoms with E-state index in [-0.39, 0.29) is 12.2 Å². The molecule has 29 heavy (non-hydrogen) atoms. The third-order valence-corrected chi connectivity index (χ3v) is 4.77. The van der Waals surface area contributed by atoms with Gasteiger partial charge in [0, 0.05) is 16.8 Å². The highest BCUT2D eigenvalue weighted by atomic mass is 35.5. The molecule has 0 fully saturated rings. The largest absolute Gasteiger partial charge is 0.481 e. The Bertz CT molecular complexity index is 1090. The quantitative estimate of drug-likeness (QED) is 0.529. The summed E-state index contributed by atoms with van der Waals surface area (Å²) in [4.78, 5) is 22.2. The van der Waals surface area contributed by atoms with Gasteiger partial charge in [-0.3, -0.25) is 9.59 Å². The molecule has 0 spiro atoms. The van der Waals surface area contributed by atoms with Gasteiger partial charge in [0.1, 0.15) is 18.0 Å². The highest BCUT2D eigenvalue weighted by Crippen LogP contribution is 2.36. The average Bonchev–Trinajstić information content (AvgIpc) is 2.67. The Morgan fingerprint density at radius 2 is 1.72 bits per heavy atom. The van der Waals surface area contributed by atoms with Crippen LogP contribution in [0.25, 0.3) is 28.0 Å². The van der Waals surface area contributed by atoms with Crippen LogP contribution in [0.2, 0.25) is 5.02 Å². The SMILES string of the molecule is O=C(O)CC(=O)CC(O)/C=C/c1c(-c2ccc(F)cc2)cc(Cl)c2ccccc12. The molecule has 0 saturated heterocycles. The fraction of sp³-hybridized carbons (Fsp3) is 0.130. The van der Waals surface area contributed by atoms with Crippen molar-refractivity contribution in [2.45, 2.75) is 18.9 Å². The van der Waals surface area contributed by atoms with Gasteiger partial charge in [0.05, 0.1) is 6.10 Å². The molecule has 0 aliphatic carbocycles. The number of carbonyl (C=O) groups is 2. The van der Waals surface area contributed by atoms with Crippen LogP contribution in [0.4, 0.5) is 4.39 Å². The van der Waals surface area contributed by atoms with Crippen molar-refractivity contribution in [3.8, 4) is 11.1 Å². The van der Waals surface area contributed by atoms with E-state index in [4.69, 9.17) is 16.7 Å². The van der Waals surface area contributed by atoms with E-state index in [0.717, 1.165) is 27.5 Å². The summed E-state index contributed by atoms with van der Waals surface area (Å²) in [7, 11) is 0. The maximum atomic E-state index is 13.4. The predicted octanol–water partition coefficient (Wildman–Crippen LogP) is 5.11. The number of hydrogen-bond donors (Lipinski definition) is 2. The fourth-order valence-electron chi connectivity index (χ4n) is 3.15. The third kappa shape index (κ3) is 5.08. The summed E-state index contributed by atoms with van der Waals surface area (Å²) < 4.78 is 13.4. The first-order valence-electron chi connectivity index (χ1n) is 8.92. The minimum Gasteiger partial charge on any atom is -0.481 e. The molecule has 0 radical (unpaired) electrons. The van der Waals surface area contributed by atoms with Gasteiger partial charge in [-0.1, -0.05) is 60.2 Å². The Balaban J connectivity index is 2.03. The summed E-state index contributed by atoms with van der Waals surface area (Å²) in [5.41, 5.74) is 2.24. The van der Waals surface area contributed by atoms with E-state index in [9.17, 15) is 19.1 Å². The second kappa shape index (κ2) is 8.99. The lowest BCUT2D eigenvalue weighted by molar-refractivity contribution is -0.140. The molecule has 6 heteroatoms. The van der Waals surface area contributed by atoms with Gasteiger partial charge in [0.25, 0.3) is 0 Å². The van der Waals surface area contributed by atoms with E-state index in [0.29, 0.717) is 5.02 Å². The normalized spacial score (nSPS) is 12.4.